The van der Waals surface area contributed by atoms with Gasteiger partial charge in [-0.05, 0) is 38.7 Å². The second-order valence-corrected chi connectivity index (χ2v) is 5.70. The van der Waals surface area contributed by atoms with Gasteiger partial charge in [-0.3, -0.25) is 0 Å². The number of ether oxygens (including phenoxy) is 1. The van der Waals surface area contributed by atoms with Crippen LogP contribution in [0.25, 0.3) is 0 Å². The monoisotopic (exact) mass is 231 g/mol. The first-order valence-corrected chi connectivity index (χ1v) is 6.74. The van der Waals surface area contributed by atoms with E-state index in [1.165, 1.54) is 43.2 Å². The zero-order valence-corrected chi connectivity index (χ0v) is 10.5. The number of aryl methyl sites for hydroxylation is 1. The second kappa shape index (κ2) is 4.02. The molecule has 1 aromatic carbocycles. The Morgan fingerprint density at radius 1 is 1.24 bits per heavy atom. The molecule has 0 unspecified atom stereocenters. The summed E-state index contributed by atoms with van der Waals surface area (Å²) in [6, 6.07) is 6.54. The van der Waals surface area contributed by atoms with Crippen molar-refractivity contribution in [1.82, 2.24) is 0 Å². The Morgan fingerprint density at radius 3 is 2.76 bits per heavy atom. The normalized spacial score (nSPS) is 26.4. The highest BCUT2D eigenvalue weighted by Gasteiger charge is 2.40. The molecule has 0 radical (unpaired) electrons. The number of benzene rings is 1. The van der Waals surface area contributed by atoms with Gasteiger partial charge in [-0.2, -0.15) is 0 Å². The van der Waals surface area contributed by atoms with Crippen LogP contribution in [0.5, 0.6) is 5.75 Å². The molecule has 1 atom stereocenters. The van der Waals surface area contributed by atoms with Gasteiger partial charge in [0.25, 0.3) is 0 Å². The van der Waals surface area contributed by atoms with Crippen molar-refractivity contribution in [2.45, 2.75) is 57.1 Å². The minimum absolute atomic E-state index is 0.0416. The first-order valence-electron chi connectivity index (χ1n) is 6.74. The topological polar surface area (TPSA) is 35.2 Å². The fraction of sp³-hybridized carbons (Fsp3) is 0.600. The quantitative estimate of drug-likeness (QED) is 0.742. The van der Waals surface area contributed by atoms with Crippen LogP contribution in [-0.4, -0.2) is 5.60 Å². The van der Waals surface area contributed by atoms with Crippen LogP contribution in [0.15, 0.2) is 18.2 Å². The van der Waals surface area contributed by atoms with Gasteiger partial charge in [0.05, 0.1) is 0 Å². The van der Waals surface area contributed by atoms with Gasteiger partial charge in [0.1, 0.15) is 11.4 Å². The van der Waals surface area contributed by atoms with Crippen LogP contribution in [0.1, 0.15) is 55.7 Å². The molecule has 1 aromatic rings. The molecule has 2 heteroatoms. The van der Waals surface area contributed by atoms with Gasteiger partial charge in [0.2, 0.25) is 0 Å². The van der Waals surface area contributed by atoms with E-state index in [0.717, 1.165) is 12.2 Å². The number of hydrogen-bond acceptors (Lipinski definition) is 2. The third kappa shape index (κ3) is 1.95. The number of fused-ring (bicyclic) bond motifs is 1. The van der Waals surface area contributed by atoms with Crippen LogP contribution in [0.2, 0.25) is 0 Å². The van der Waals surface area contributed by atoms with Gasteiger partial charge in [-0.1, -0.05) is 24.1 Å². The Labute approximate surface area is 103 Å². The van der Waals surface area contributed by atoms with Crippen LogP contribution in [0, 0.1) is 6.92 Å². The predicted octanol–water partition coefficient (Wildman–Crippen LogP) is 3.48. The third-order valence-corrected chi connectivity index (χ3v) is 4.25. The number of rotatable bonds is 0. The lowest BCUT2D eigenvalue weighted by Crippen LogP contribution is -2.44. The minimum atomic E-state index is 0.0416. The average Bonchev–Trinajstić information content (AvgIpc) is 2.31. The van der Waals surface area contributed by atoms with E-state index in [1.54, 1.807) is 0 Å². The summed E-state index contributed by atoms with van der Waals surface area (Å²) < 4.78 is 6.31. The highest BCUT2D eigenvalue weighted by atomic mass is 16.5. The molecule has 0 aromatic heterocycles. The van der Waals surface area contributed by atoms with Crippen molar-refractivity contribution in [3.8, 4) is 5.75 Å². The summed E-state index contributed by atoms with van der Waals surface area (Å²) in [4.78, 5) is 0. The van der Waals surface area contributed by atoms with E-state index in [2.05, 4.69) is 25.1 Å². The molecule has 1 aliphatic carbocycles. The lowest BCUT2D eigenvalue weighted by atomic mass is 9.77. The van der Waals surface area contributed by atoms with Gasteiger partial charge in [0.15, 0.2) is 0 Å². The van der Waals surface area contributed by atoms with Crippen LogP contribution in [-0.2, 0) is 0 Å². The predicted molar refractivity (Wildman–Crippen MR) is 69.2 cm³/mol. The molecule has 0 amide bonds. The molecule has 2 nitrogen and oxygen atoms in total. The van der Waals surface area contributed by atoms with Crippen molar-refractivity contribution in [2.24, 2.45) is 5.73 Å². The molecule has 0 saturated heterocycles. The summed E-state index contributed by atoms with van der Waals surface area (Å²) >= 11 is 0. The van der Waals surface area contributed by atoms with Crippen LogP contribution < -0.4 is 10.5 Å². The van der Waals surface area contributed by atoms with E-state index in [9.17, 15) is 0 Å². The van der Waals surface area contributed by atoms with Crippen LogP contribution in [0.3, 0.4) is 0 Å². The lowest BCUT2D eigenvalue weighted by Gasteiger charge is -2.43. The SMILES string of the molecule is Cc1ccc2c(c1)[C@H](N)CC1(CCCCC1)O2. The van der Waals surface area contributed by atoms with E-state index >= 15 is 0 Å². The largest absolute Gasteiger partial charge is 0.487 e. The Balaban J connectivity index is 1.94. The van der Waals surface area contributed by atoms with Crippen LogP contribution in [0.4, 0.5) is 0 Å². The highest BCUT2D eigenvalue weighted by molar-refractivity contribution is 5.41. The van der Waals surface area contributed by atoms with Crippen LogP contribution >= 0.6 is 0 Å². The first-order chi connectivity index (χ1) is 8.19. The molecular formula is C15H21NO. The van der Waals surface area contributed by atoms with E-state index < -0.39 is 0 Å². The summed E-state index contributed by atoms with van der Waals surface area (Å²) in [6.07, 6.45) is 7.26. The van der Waals surface area contributed by atoms with Crippen molar-refractivity contribution < 1.29 is 4.74 Å². The smallest absolute Gasteiger partial charge is 0.124 e. The molecule has 17 heavy (non-hydrogen) atoms. The Kier molecular flexibility index (Phi) is 2.62. The van der Waals surface area contributed by atoms with Gasteiger partial charge in [-0.25, -0.2) is 0 Å². The zero-order valence-electron chi connectivity index (χ0n) is 10.5. The first kappa shape index (κ1) is 11.1. The summed E-state index contributed by atoms with van der Waals surface area (Å²) in [5.74, 6) is 1.02. The van der Waals surface area contributed by atoms with Gasteiger partial charge < -0.3 is 10.5 Å². The molecule has 2 aliphatic rings. The molecule has 1 heterocycles. The maximum absolute atomic E-state index is 6.34. The molecule has 3 rings (SSSR count). The highest BCUT2D eigenvalue weighted by Crippen LogP contribution is 2.45. The summed E-state index contributed by atoms with van der Waals surface area (Å²) in [5.41, 5.74) is 8.84. The van der Waals surface area contributed by atoms with Crippen molar-refractivity contribution in [1.29, 1.82) is 0 Å². The lowest BCUT2D eigenvalue weighted by molar-refractivity contribution is 0.00192. The van der Waals surface area contributed by atoms with E-state index in [-0.39, 0.29) is 11.6 Å². The number of hydrogen-bond donors (Lipinski definition) is 1. The maximum atomic E-state index is 6.34. The standard InChI is InChI=1S/C15H21NO/c1-11-5-6-14-12(9-11)13(16)10-15(17-14)7-3-2-4-8-15/h5-6,9,13H,2-4,7-8,10,16H2,1H3/t13-/m1/s1. The molecule has 1 spiro atoms. The van der Waals surface area contributed by atoms with Crippen molar-refractivity contribution in [3.05, 3.63) is 29.3 Å². The van der Waals surface area contributed by atoms with Crippen molar-refractivity contribution in [2.75, 3.05) is 0 Å². The molecule has 1 aliphatic heterocycles. The minimum Gasteiger partial charge on any atom is -0.487 e. The summed E-state index contributed by atoms with van der Waals surface area (Å²) in [5, 5.41) is 0. The van der Waals surface area contributed by atoms with E-state index in [0.29, 0.717) is 0 Å². The molecular weight excluding hydrogens is 210 g/mol. The van der Waals surface area contributed by atoms with E-state index in [4.69, 9.17) is 10.5 Å². The Morgan fingerprint density at radius 2 is 2.00 bits per heavy atom. The Bertz CT molecular complexity index is 421. The van der Waals surface area contributed by atoms with Crippen molar-refractivity contribution in [3.63, 3.8) is 0 Å². The molecule has 1 fully saturated rings. The molecule has 2 N–H and O–H groups in total. The molecule has 1 saturated carbocycles. The van der Waals surface area contributed by atoms with Gasteiger partial charge in [-0.15, -0.1) is 0 Å². The number of nitrogens with two attached hydrogens (primary N) is 1. The van der Waals surface area contributed by atoms with E-state index in [1.807, 2.05) is 0 Å². The molecule has 0 bridgehead atoms. The molecule has 92 valence electrons. The fourth-order valence-corrected chi connectivity index (χ4v) is 3.34. The fourth-order valence-electron chi connectivity index (χ4n) is 3.34. The average molecular weight is 231 g/mol. The van der Waals surface area contributed by atoms with Crippen molar-refractivity contribution >= 4 is 0 Å². The maximum Gasteiger partial charge on any atom is 0.124 e. The summed E-state index contributed by atoms with van der Waals surface area (Å²) in [6.45, 7) is 2.11. The zero-order chi connectivity index (χ0) is 11.9. The van der Waals surface area contributed by atoms with Gasteiger partial charge >= 0.3 is 0 Å². The second-order valence-electron chi connectivity index (χ2n) is 5.70. The van der Waals surface area contributed by atoms with Gasteiger partial charge in [0, 0.05) is 18.0 Å². The summed E-state index contributed by atoms with van der Waals surface area (Å²) in [7, 11) is 0. The third-order valence-electron chi connectivity index (χ3n) is 4.25. The Hall–Kier alpha value is -1.02.